The van der Waals surface area contributed by atoms with E-state index in [9.17, 15) is 14.4 Å². The first-order chi connectivity index (χ1) is 7.97. The van der Waals surface area contributed by atoms with Crippen molar-refractivity contribution in [3.8, 4) is 0 Å². The minimum Gasteiger partial charge on any atom is -0.481 e. The number of hydrogen-bond acceptors (Lipinski definition) is 3. The molecule has 6 heteroatoms. The van der Waals surface area contributed by atoms with E-state index in [0.717, 1.165) is 0 Å². The molecule has 0 radical (unpaired) electrons. The fourth-order valence-electron chi connectivity index (χ4n) is 1.92. The van der Waals surface area contributed by atoms with E-state index in [4.69, 9.17) is 5.11 Å². The zero-order chi connectivity index (χ0) is 13.0. The van der Waals surface area contributed by atoms with E-state index in [0.29, 0.717) is 19.6 Å². The van der Waals surface area contributed by atoms with Crippen LogP contribution in [0.25, 0.3) is 0 Å². The number of rotatable bonds is 4. The Morgan fingerprint density at radius 1 is 1.53 bits per heavy atom. The van der Waals surface area contributed by atoms with Crippen LogP contribution in [0.15, 0.2) is 12.7 Å². The summed E-state index contributed by atoms with van der Waals surface area (Å²) in [5.74, 6) is -1.69. The zero-order valence-electron chi connectivity index (χ0n) is 9.76. The molecule has 0 aromatic rings. The topological polar surface area (TPSA) is 77.9 Å². The van der Waals surface area contributed by atoms with E-state index in [1.54, 1.807) is 6.08 Å². The standard InChI is InChI=1S/C11H16N2O4/c1-3-4-12-5-6-13(8(2)14)9(11(12)17)7-10(15)16/h3,9H,1,4-7H2,2H3,(H,15,16). The highest BCUT2D eigenvalue weighted by Gasteiger charge is 2.36. The van der Waals surface area contributed by atoms with Gasteiger partial charge in [-0.1, -0.05) is 6.08 Å². The summed E-state index contributed by atoms with van der Waals surface area (Å²) in [6.07, 6.45) is 1.23. The van der Waals surface area contributed by atoms with Gasteiger partial charge in [0.25, 0.3) is 0 Å². The van der Waals surface area contributed by atoms with Gasteiger partial charge < -0.3 is 14.9 Å². The monoisotopic (exact) mass is 240 g/mol. The Morgan fingerprint density at radius 3 is 2.65 bits per heavy atom. The van der Waals surface area contributed by atoms with E-state index >= 15 is 0 Å². The lowest BCUT2D eigenvalue weighted by Crippen LogP contribution is -2.58. The Bertz CT molecular complexity index is 353. The number of hydrogen-bond donors (Lipinski definition) is 1. The number of amides is 2. The van der Waals surface area contributed by atoms with Gasteiger partial charge in [-0.3, -0.25) is 14.4 Å². The van der Waals surface area contributed by atoms with Gasteiger partial charge in [0.1, 0.15) is 6.04 Å². The summed E-state index contributed by atoms with van der Waals surface area (Å²) < 4.78 is 0. The molecule has 17 heavy (non-hydrogen) atoms. The molecule has 1 N–H and O–H groups in total. The van der Waals surface area contributed by atoms with Crippen LogP contribution in [0, 0.1) is 0 Å². The van der Waals surface area contributed by atoms with Gasteiger partial charge in [-0.05, 0) is 0 Å². The summed E-state index contributed by atoms with van der Waals surface area (Å²) in [7, 11) is 0. The molecule has 1 unspecified atom stereocenters. The van der Waals surface area contributed by atoms with Crippen LogP contribution in [-0.2, 0) is 14.4 Å². The van der Waals surface area contributed by atoms with E-state index in [1.165, 1.54) is 16.7 Å². The summed E-state index contributed by atoms with van der Waals surface area (Å²) in [4.78, 5) is 36.9. The molecule has 1 aliphatic heterocycles. The molecule has 0 spiro atoms. The first-order valence-corrected chi connectivity index (χ1v) is 5.36. The van der Waals surface area contributed by atoms with Crippen LogP contribution in [0.3, 0.4) is 0 Å². The van der Waals surface area contributed by atoms with Gasteiger partial charge >= 0.3 is 5.97 Å². The highest BCUT2D eigenvalue weighted by atomic mass is 16.4. The summed E-state index contributed by atoms with van der Waals surface area (Å²) in [5.41, 5.74) is 0. The maximum atomic E-state index is 12.0. The number of carbonyl (C=O) groups is 3. The Labute approximate surface area is 99.5 Å². The third kappa shape index (κ3) is 3.05. The fraction of sp³-hybridized carbons (Fsp3) is 0.545. The summed E-state index contributed by atoms with van der Waals surface area (Å²) in [5, 5.41) is 8.77. The normalized spacial score (nSPS) is 20.3. The van der Waals surface area contributed by atoms with Gasteiger partial charge in [0.05, 0.1) is 6.42 Å². The molecule has 0 aromatic carbocycles. The number of carboxylic acids is 1. The van der Waals surface area contributed by atoms with Gasteiger partial charge in [0.2, 0.25) is 11.8 Å². The van der Waals surface area contributed by atoms with Crippen LogP contribution in [0.4, 0.5) is 0 Å². The Balaban J connectivity index is 2.86. The third-order valence-corrected chi connectivity index (χ3v) is 2.71. The lowest BCUT2D eigenvalue weighted by Gasteiger charge is -2.39. The van der Waals surface area contributed by atoms with Crippen LogP contribution in [0.5, 0.6) is 0 Å². The SMILES string of the molecule is C=CCN1CCN(C(C)=O)C(CC(=O)O)C1=O. The maximum Gasteiger partial charge on any atom is 0.305 e. The van der Waals surface area contributed by atoms with Crippen LogP contribution >= 0.6 is 0 Å². The van der Waals surface area contributed by atoms with Crippen molar-refractivity contribution in [2.24, 2.45) is 0 Å². The number of nitrogens with zero attached hydrogens (tertiary/aromatic N) is 2. The molecule has 6 nitrogen and oxygen atoms in total. The molecule has 0 aromatic heterocycles. The van der Waals surface area contributed by atoms with E-state index in [-0.39, 0.29) is 18.2 Å². The second-order valence-electron chi connectivity index (χ2n) is 3.90. The van der Waals surface area contributed by atoms with Gasteiger partial charge in [-0.15, -0.1) is 6.58 Å². The largest absolute Gasteiger partial charge is 0.481 e. The van der Waals surface area contributed by atoms with Crippen LogP contribution in [-0.4, -0.2) is 58.4 Å². The molecular weight excluding hydrogens is 224 g/mol. The molecule has 94 valence electrons. The lowest BCUT2D eigenvalue weighted by molar-refractivity contribution is -0.154. The Morgan fingerprint density at radius 2 is 2.18 bits per heavy atom. The van der Waals surface area contributed by atoms with Crippen molar-refractivity contribution in [3.05, 3.63) is 12.7 Å². The maximum absolute atomic E-state index is 12.0. The number of aliphatic carboxylic acids is 1. The van der Waals surface area contributed by atoms with Crippen molar-refractivity contribution in [3.63, 3.8) is 0 Å². The van der Waals surface area contributed by atoms with Crippen LogP contribution in [0.2, 0.25) is 0 Å². The van der Waals surface area contributed by atoms with Gasteiger partial charge in [0, 0.05) is 26.6 Å². The molecule has 2 amide bonds. The quantitative estimate of drug-likeness (QED) is 0.685. The Kier molecular flexibility index (Phi) is 4.25. The Hall–Kier alpha value is -1.85. The minimum absolute atomic E-state index is 0.275. The third-order valence-electron chi connectivity index (χ3n) is 2.71. The smallest absolute Gasteiger partial charge is 0.305 e. The number of piperazine rings is 1. The molecule has 1 aliphatic rings. The van der Waals surface area contributed by atoms with Crippen LogP contribution in [0.1, 0.15) is 13.3 Å². The van der Waals surface area contributed by atoms with E-state index in [2.05, 4.69) is 6.58 Å². The molecule has 1 rings (SSSR count). The highest BCUT2D eigenvalue weighted by molar-refractivity contribution is 5.91. The predicted molar refractivity (Wildman–Crippen MR) is 60.2 cm³/mol. The van der Waals surface area contributed by atoms with Crippen molar-refractivity contribution < 1.29 is 19.5 Å². The van der Waals surface area contributed by atoms with Gasteiger partial charge in [-0.2, -0.15) is 0 Å². The summed E-state index contributed by atoms with van der Waals surface area (Å²) in [6.45, 7) is 6.04. The molecule has 1 fully saturated rings. The first kappa shape index (κ1) is 13.2. The second-order valence-corrected chi connectivity index (χ2v) is 3.90. The van der Waals surface area contributed by atoms with E-state index < -0.39 is 12.0 Å². The summed E-state index contributed by atoms with van der Waals surface area (Å²) in [6, 6.07) is -0.890. The first-order valence-electron chi connectivity index (χ1n) is 5.36. The average molecular weight is 240 g/mol. The molecule has 0 aliphatic carbocycles. The van der Waals surface area contributed by atoms with Gasteiger partial charge in [0.15, 0.2) is 0 Å². The number of carbonyl (C=O) groups excluding carboxylic acids is 2. The molecule has 1 saturated heterocycles. The van der Waals surface area contributed by atoms with Crippen LogP contribution < -0.4 is 0 Å². The van der Waals surface area contributed by atoms with Crippen molar-refractivity contribution in [1.29, 1.82) is 0 Å². The molecule has 1 heterocycles. The number of carboxylic acid groups (broad SMARTS) is 1. The van der Waals surface area contributed by atoms with Crippen molar-refractivity contribution in [2.45, 2.75) is 19.4 Å². The van der Waals surface area contributed by atoms with Gasteiger partial charge in [-0.25, -0.2) is 0 Å². The van der Waals surface area contributed by atoms with Crippen molar-refractivity contribution in [2.75, 3.05) is 19.6 Å². The lowest BCUT2D eigenvalue weighted by atomic mass is 10.1. The minimum atomic E-state index is -1.09. The highest BCUT2D eigenvalue weighted by Crippen LogP contribution is 2.15. The fourth-order valence-corrected chi connectivity index (χ4v) is 1.92. The summed E-state index contributed by atoms with van der Waals surface area (Å²) >= 11 is 0. The van der Waals surface area contributed by atoms with Crippen molar-refractivity contribution in [1.82, 2.24) is 9.80 Å². The molecule has 0 bridgehead atoms. The molecular formula is C11H16N2O4. The van der Waals surface area contributed by atoms with Crippen molar-refractivity contribution >= 4 is 17.8 Å². The molecule has 0 saturated carbocycles. The zero-order valence-corrected chi connectivity index (χ0v) is 9.76. The second kappa shape index (κ2) is 5.47. The molecule has 1 atom stereocenters. The average Bonchev–Trinajstić information content (AvgIpc) is 2.23. The predicted octanol–water partition coefficient (Wildman–Crippen LogP) is -0.294. The van der Waals surface area contributed by atoms with E-state index in [1.807, 2.05) is 0 Å².